The molecule has 1 amide bonds. The van der Waals surface area contributed by atoms with E-state index < -0.39 is 28.6 Å². The maximum atomic E-state index is 13.2. The minimum Gasteiger partial charge on any atom is -0.487 e. The Hall–Kier alpha value is -3.10. The topological polar surface area (TPSA) is 72.7 Å². The molecule has 2 aromatic carbocycles. The van der Waals surface area contributed by atoms with Crippen LogP contribution in [0.15, 0.2) is 42.5 Å². The first kappa shape index (κ1) is 21.6. The second-order valence-electron chi connectivity index (χ2n) is 7.12. The summed E-state index contributed by atoms with van der Waals surface area (Å²) in [4.78, 5) is 25.5. The van der Waals surface area contributed by atoms with E-state index in [0.717, 1.165) is 31.0 Å². The van der Waals surface area contributed by atoms with Crippen LogP contribution in [0.5, 0.6) is 5.75 Å². The molecule has 0 aliphatic heterocycles. The van der Waals surface area contributed by atoms with Gasteiger partial charge in [0.15, 0.2) is 5.75 Å². The Labute approximate surface area is 171 Å². The minimum absolute atomic E-state index is 0.0583. The van der Waals surface area contributed by atoms with Crippen molar-refractivity contribution in [3.05, 3.63) is 69.3 Å². The van der Waals surface area contributed by atoms with Crippen LogP contribution in [0.2, 0.25) is 0 Å². The summed E-state index contributed by atoms with van der Waals surface area (Å²) in [6.07, 6.45) is -3.03. The number of halogens is 3. The van der Waals surface area contributed by atoms with E-state index in [2.05, 4.69) is 0 Å². The molecule has 2 aromatic rings. The third kappa shape index (κ3) is 4.55. The number of ether oxygens (including phenoxy) is 1. The summed E-state index contributed by atoms with van der Waals surface area (Å²) in [6.45, 7) is 3.58. The van der Waals surface area contributed by atoms with Crippen molar-refractivity contribution in [3.63, 3.8) is 0 Å². The standard InChI is InChI=1S/C21H21F3N2O4/c1-3-30-19-10-7-15(12-18(19)26(28)29)20(27)25(17-8-9-17)13(2)14-5-4-6-16(11-14)21(22,23)24/h4-7,10-13,17H,3,8-9H2,1-2H3. The lowest BCUT2D eigenvalue weighted by atomic mass is 10.0. The van der Waals surface area contributed by atoms with Crippen LogP contribution in [-0.4, -0.2) is 28.4 Å². The molecule has 6 nitrogen and oxygen atoms in total. The predicted octanol–water partition coefficient (Wildman–Crippen LogP) is 5.38. The summed E-state index contributed by atoms with van der Waals surface area (Å²) in [7, 11) is 0. The first-order valence-electron chi connectivity index (χ1n) is 9.54. The molecule has 0 heterocycles. The number of hydrogen-bond acceptors (Lipinski definition) is 4. The molecule has 1 fully saturated rings. The van der Waals surface area contributed by atoms with Gasteiger partial charge in [-0.05, 0) is 56.5 Å². The van der Waals surface area contributed by atoms with Gasteiger partial charge in [0.25, 0.3) is 5.91 Å². The van der Waals surface area contributed by atoms with Crippen molar-refractivity contribution in [2.24, 2.45) is 0 Å². The Morgan fingerprint density at radius 2 is 1.97 bits per heavy atom. The summed E-state index contributed by atoms with van der Waals surface area (Å²) in [5.74, 6) is -0.406. The van der Waals surface area contributed by atoms with Crippen LogP contribution in [-0.2, 0) is 6.18 Å². The summed E-state index contributed by atoms with van der Waals surface area (Å²) >= 11 is 0. The molecule has 0 saturated heterocycles. The average Bonchev–Trinajstić information content (AvgIpc) is 3.52. The zero-order chi connectivity index (χ0) is 22.1. The lowest BCUT2D eigenvalue weighted by molar-refractivity contribution is -0.385. The molecular formula is C21H21F3N2O4. The molecule has 0 spiro atoms. The highest BCUT2D eigenvalue weighted by Gasteiger charge is 2.38. The molecule has 3 rings (SSSR count). The Kier molecular flexibility index (Phi) is 6.00. The van der Waals surface area contributed by atoms with Gasteiger partial charge in [0.05, 0.1) is 23.1 Å². The van der Waals surface area contributed by atoms with E-state index in [9.17, 15) is 28.1 Å². The number of nitro groups is 1. The van der Waals surface area contributed by atoms with Crippen molar-refractivity contribution >= 4 is 11.6 Å². The Balaban J connectivity index is 1.95. The maximum Gasteiger partial charge on any atom is 0.416 e. The van der Waals surface area contributed by atoms with Gasteiger partial charge in [-0.3, -0.25) is 14.9 Å². The van der Waals surface area contributed by atoms with E-state index in [0.29, 0.717) is 5.56 Å². The smallest absolute Gasteiger partial charge is 0.416 e. The Bertz CT molecular complexity index is 958. The van der Waals surface area contributed by atoms with Gasteiger partial charge in [0, 0.05) is 17.7 Å². The van der Waals surface area contributed by atoms with Crippen molar-refractivity contribution in [1.29, 1.82) is 0 Å². The molecule has 1 aliphatic carbocycles. The highest BCUT2D eigenvalue weighted by molar-refractivity contribution is 5.96. The predicted molar refractivity (Wildman–Crippen MR) is 103 cm³/mol. The zero-order valence-electron chi connectivity index (χ0n) is 16.5. The molecule has 30 heavy (non-hydrogen) atoms. The van der Waals surface area contributed by atoms with Crippen molar-refractivity contribution < 1.29 is 27.6 Å². The van der Waals surface area contributed by atoms with Gasteiger partial charge in [0.1, 0.15) is 0 Å². The van der Waals surface area contributed by atoms with Gasteiger partial charge < -0.3 is 9.64 Å². The summed E-state index contributed by atoms with van der Waals surface area (Å²) in [5.41, 5.74) is -0.668. The van der Waals surface area contributed by atoms with Crippen LogP contribution in [0.3, 0.4) is 0 Å². The van der Waals surface area contributed by atoms with Crippen LogP contribution >= 0.6 is 0 Å². The number of alkyl halides is 3. The highest BCUT2D eigenvalue weighted by atomic mass is 19.4. The molecule has 160 valence electrons. The van der Waals surface area contributed by atoms with Crippen molar-refractivity contribution in [1.82, 2.24) is 4.90 Å². The van der Waals surface area contributed by atoms with E-state index in [1.54, 1.807) is 19.9 Å². The van der Waals surface area contributed by atoms with Crippen LogP contribution in [0, 0.1) is 10.1 Å². The molecule has 0 radical (unpaired) electrons. The van der Waals surface area contributed by atoms with E-state index >= 15 is 0 Å². The van der Waals surface area contributed by atoms with Crippen LogP contribution < -0.4 is 4.74 Å². The van der Waals surface area contributed by atoms with Crippen molar-refractivity contribution in [2.75, 3.05) is 6.61 Å². The van der Waals surface area contributed by atoms with E-state index in [4.69, 9.17) is 4.74 Å². The third-order valence-electron chi connectivity index (χ3n) is 4.99. The normalized spacial score (nSPS) is 14.8. The van der Waals surface area contributed by atoms with Gasteiger partial charge in [-0.15, -0.1) is 0 Å². The fourth-order valence-corrected chi connectivity index (χ4v) is 3.37. The monoisotopic (exact) mass is 422 g/mol. The number of amides is 1. The van der Waals surface area contributed by atoms with E-state index in [-0.39, 0.29) is 29.6 Å². The fourth-order valence-electron chi connectivity index (χ4n) is 3.37. The number of hydrogen-bond donors (Lipinski definition) is 0. The number of rotatable bonds is 7. The van der Waals surface area contributed by atoms with Gasteiger partial charge >= 0.3 is 11.9 Å². The van der Waals surface area contributed by atoms with Gasteiger partial charge in [0.2, 0.25) is 0 Å². The van der Waals surface area contributed by atoms with E-state index in [1.165, 1.54) is 23.1 Å². The summed E-state index contributed by atoms with van der Waals surface area (Å²) in [6, 6.07) is 8.09. The van der Waals surface area contributed by atoms with Crippen molar-refractivity contribution in [2.45, 2.75) is 44.9 Å². The molecule has 0 bridgehead atoms. The third-order valence-corrected chi connectivity index (χ3v) is 4.99. The maximum absolute atomic E-state index is 13.2. The molecule has 1 unspecified atom stereocenters. The largest absolute Gasteiger partial charge is 0.487 e. The van der Waals surface area contributed by atoms with Crippen LogP contribution in [0.4, 0.5) is 18.9 Å². The zero-order valence-corrected chi connectivity index (χ0v) is 16.5. The molecule has 1 aliphatic rings. The average molecular weight is 422 g/mol. The van der Waals surface area contributed by atoms with Crippen LogP contribution in [0.1, 0.15) is 54.2 Å². The molecule has 1 saturated carbocycles. The SMILES string of the molecule is CCOc1ccc(C(=O)N(C2CC2)C(C)c2cccc(C(F)(F)F)c2)cc1[N+](=O)[O-]. The molecule has 9 heteroatoms. The van der Waals surface area contributed by atoms with Crippen LogP contribution in [0.25, 0.3) is 0 Å². The number of nitro benzene ring substituents is 1. The number of carbonyl (C=O) groups excluding carboxylic acids is 1. The lowest BCUT2D eigenvalue weighted by Crippen LogP contribution is -2.35. The second-order valence-corrected chi connectivity index (χ2v) is 7.12. The van der Waals surface area contributed by atoms with Gasteiger partial charge in [-0.1, -0.05) is 12.1 Å². The van der Waals surface area contributed by atoms with Gasteiger partial charge in [-0.25, -0.2) is 0 Å². The molecule has 1 atom stereocenters. The summed E-state index contributed by atoms with van der Waals surface area (Å²) < 4.78 is 44.5. The summed E-state index contributed by atoms with van der Waals surface area (Å²) in [5, 5.41) is 11.4. The minimum atomic E-state index is -4.49. The quantitative estimate of drug-likeness (QED) is 0.444. The Morgan fingerprint density at radius 3 is 2.53 bits per heavy atom. The first-order chi connectivity index (χ1) is 14.1. The molecular weight excluding hydrogens is 401 g/mol. The second kappa shape index (κ2) is 8.33. The van der Waals surface area contributed by atoms with Crippen molar-refractivity contribution in [3.8, 4) is 5.75 Å². The molecule has 0 aromatic heterocycles. The number of nitrogens with zero attached hydrogens (tertiary/aromatic N) is 2. The van der Waals surface area contributed by atoms with Gasteiger partial charge in [-0.2, -0.15) is 13.2 Å². The number of carbonyl (C=O) groups is 1. The fraction of sp³-hybridized carbons (Fsp3) is 0.381. The Morgan fingerprint density at radius 1 is 1.27 bits per heavy atom. The highest BCUT2D eigenvalue weighted by Crippen LogP contribution is 2.38. The van der Waals surface area contributed by atoms with E-state index in [1.807, 2.05) is 0 Å². The first-order valence-corrected chi connectivity index (χ1v) is 9.54. The lowest BCUT2D eigenvalue weighted by Gasteiger charge is -2.30. The molecule has 0 N–H and O–H groups in total. The number of benzene rings is 2.